The van der Waals surface area contributed by atoms with E-state index < -0.39 is 0 Å². The average molecular weight is 351 g/mol. The zero-order valence-corrected chi connectivity index (χ0v) is 14.1. The number of rotatable bonds is 4. The van der Waals surface area contributed by atoms with Gasteiger partial charge in [0.1, 0.15) is 5.75 Å². The summed E-state index contributed by atoms with van der Waals surface area (Å²) in [5.74, 6) is 0.727. The minimum Gasteiger partial charge on any atom is -0.482 e. The molecule has 1 aromatic carbocycles. The molecule has 0 bridgehead atoms. The molecule has 0 spiro atoms. The third kappa shape index (κ3) is 4.67. The van der Waals surface area contributed by atoms with Crippen molar-refractivity contribution < 1.29 is 9.53 Å². The summed E-state index contributed by atoms with van der Waals surface area (Å²) in [5, 5.41) is 4.06. The zero-order chi connectivity index (χ0) is 15.4. The van der Waals surface area contributed by atoms with Crippen LogP contribution in [0, 0.1) is 5.92 Å². The summed E-state index contributed by atoms with van der Waals surface area (Å²) in [4.78, 5) is 12.0. The third-order valence-electron chi connectivity index (χ3n) is 3.79. The largest absolute Gasteiger partial charge is 0.482 e. The van der Waals surface area contributed by atoms with Gasteiger partial charge in [0.25, 0.3) is 5.91 Å². The summed E-state index contributed by atoms with van der Waals surface area (Å²) in [6.45, 7) is 2.09. The van der Waals surface area contributed by atoms with E-state index in [1.165, 1.54) is 18.6 Å². The normalized spacial score (nSPS) is 21.9. The van der Waals surface area contributed by atoms with Crippen LogP contribution in [0.15, 0.2) is 12.1 Å². The van der Waals surface area contributed by atoms with Crippen LogP contribution in [0.2, 0.25) is 15.1 Å². The Labute approximate surface area is 139 Å². The van der Waals surface area contributed by atoms with Gasteiger partial charge in [-0.3, -0.25) is 4.79 Å². The minimum atomic E-state index is -0.143. The quantitative estimate of drug-likeness (QED) is 0.798. The van der Waals surface area contributed by atoms with Crippen molar-refractivity contribution in [3.63, 3.8) is 0 Å². The standard InChI is InChI=1S/C15H18Cl3NO2/c1-9-4-2-3-5-13(9)19-15(20)8-21-14-7-11(17)10(16)6-12(14)18/h6-7,9,13H,2-5,8H2,1H3,(H,19,20)/t9-,13+/m0/s1. The molecular weight excluding hydrogens is 333 g/mol. The molecule has 116 valence electrons. The van der Waals surface area contributed by atoms with Crippen molar-refractivity contribution in [2.75, 3.05) is 6.61 Å². The number of amides is 1. The Kier molecular flexibility index (Phi) is 6.03. The molecule has 0 saturated heterocycles. The Bertz CT molecular complexity index is 522. The van der Waals surface area contributed by atoms with E-state index in [0.29, 0.717) is 26.7 Å². The Balaban J connectivity index is 1.88. The van der Waals surface area contributed by atoms with Crippen LogP contribution in [-0.4, -0.2) is 18.6 Å². The molecule has 1 aliphatic rings. The highest BCUT2D eigenvalue weighted by molar-refractivity contribution is 6.43. The van der Waals surface area contributed by atoms with Crippen LogP contribution in [0.1, 0.15) is 32.6 Å². The maximum atomic E-state index is 12.0. The monoisotopic (exact) mass is 349 g/mol. The number of halogens is 3. The van der Waals surface area contributed by atoms with Crippen molar-refractivity contribution in [3.8, 4) is 5.75 Å². The van der Waals surface area contributed by atoms with E-state index in [1.54, 1.807) is 0 Å². The van der Waals surface area contributed by atoms with Gasteiger partial charge in [0.2, 0.25) is 0 Å². The molecule has 1 N–H and O–H groups in total. The number of carbonyl (C=O) groups is 1. The van der Waals surface area contributed by atoms with Gasteiger partial charge in [-0.2, -0.15) is 0 Å². The SMILES string of the molecule is C[C@H]1CCCC[C@H]1NC(=O)COc1cc(Cl)c(Cl)cc1Cl. The molecule has 0 aliphatic heterocycles. The van der Waals surface area contributed by atoms with E-state index >= 15 is 0 Å². The molecule has 1 amide bonds. The van der Waals surface area contributed by atoms with Gasteiger partial charge in [-0.1, -0.05) is 54.6 Å². The number of hydrogen-bond acceptors (Lipinski definition) is 2. The molecule has 1 aromatic rings. The molecule has 2 rings (SSSR count). The van der Waals surface area contributed by atoms with Crippen LogP contribution in [-0.2, 0) is 4.79 Å². The van der Waals surface area contributed by atoms with Gasteiger partial charge in [-0.05, 0) is 24.8 Å². The van der Waals surface area contributed by atoms with Crippen LogP contribution in [0.4, 0.5) is 0 Å². The summed E-state index contributed by atoms with van der Waals surface area (Å²) in [6, 6.07) is 3.25. The van der Waals surface area contributed by atoms with Crippen molar-refractivity contribution >= 4 is 40.7 Å². The number of benzene rings is 1. The van der Waals surface area contributed by atoms with E-state index in [1.807, 2.05) is 0 Å². The highest BCUT2D eigenvalue weighted by atomic mass is 35.5. The first-order valence-electron chi connectivity index (χ1n) is 7.04. The zero-order valence-electron chi connectivity index (χ0n) is 11.8. The fourth-order valence-electron chi connectivity index (χ4n) is 2.54. The van der Waals surface area contributed by atoms with Crippen molar-refractivity contribution in [2.45, 2.75) is 38.6 Å². The second kappa shape index (κ2) is 7.57. The van der Waals surface area contributed by atoms with Gasteiger partial charge in [-0.25, -0.2) is 0 Å². The van der Waals surface area contributed by atoms with Gasteiger partial charge < -0.3 is 10.1 Å². The van der Waals surface area contributed by atoms with Gasteiger partial charge in [0.15, 0.2) is 6.61 Å². The lowest BCUT2D eigenvalue weighted by molar-refractivity contribution is -0.124. The molecular formula is C15H18Cl3NO2. The van der Waals surface area contributed by atoms with E-state index in [9.17, 15) is 4.79 Å². The summed E-state index contributed by atoms with van der Waals surface area (Å²) in [7, 11) is 0. The van der Waals surface area contributed by atoms with Crippen LogP contribution in [0.3, 0.4) is 0 Å². The van der Waals surface area contributed by atoms with Crippen LogP contribution < -0.4 is 10.1 Å². The Hall–Kier alpha value is -0.640. The number of ether oxygens (including phenoxy) is 1. The molecule has 0 radical (unpaired) electrons. The predicted molar refractivity (Wildman–Crippen MR) is 86.5 cm³/mol. The second-order valence-electron chi connectivity index (χ2n) is 5.42. The van der Waals surface area contributed by atoms with Gasteiger partial charge in [-0.15, -0.1) is 0 Å². The Morgan fingerprint density at radius 3 is 2.57 bits per heavy atom. The first-order valence-corrected chi connectivity index (χ1v) is 8.17. The average Bonchev–Trinajstić information content (AvgIpc) is 2.44. The highest BCUT2D eigenvalue weighted by Gasteiger charge is 2.23. The number of hydrogen-bond donors (Lipinski definition) is 1. The van der Waals surface area contributed by atoms with Crippen LogP contribution in [0.25, 0.3) is 0 Å². The lowest BCUT2D eigenvalue weighted by atomic mass is 9.86. The summed E-state index contributed by atoms with van der Waals surface area (Å²) < 4.78 is 5.42. The Morgan fingerprint density at radius 1 is 1.19 bits per heavy atom. The van der Waals surface area contributed by atoms with E-state index in [0.717, 1.165) is 19.3 Å². The van der Waals surface area contributed by atoms with Crippen molar-refractivity contribution in [2.24, 2.45) is 5.92 Å². The molecule has 21 heavy (non-hydrogen) atoms. The maximum absolute atomic E-state index is 12.0. The molecule has 0 heterocycles. The first kappa shape index (κ1) is 16.7. The fourth-order valence-corrected chi connectivity index (χ4v) is 3.13. The van der Waals surface area contributed by atoms with E-state index in [2.05, 4.69) is 12.2 Å². The second-order valence-corrected chi connectivity index (χ2v) is 6.64. The molecule has 3 nitrogen and oxygen atoms in total. The smallest absolute Gasteiger partial charge is 0.258 e. The molecule has 1 aliphatic carbocycles. The topological polar surface area (TPSA) is 38.3 Å². The van der Waals surface area contributed by atoms with Gasteiger partial charge in [0.05, 0.1) is 15.1 Å². The van der Waals surface area contributed by atoms with Gasteiger partial charge in [0, 0.05) is 12.1 Å². The number of carbonyl (C=O) groups excluding carboxylic acids is 1. The summed E-state index contributed by atoms with van der Waals surface area (Å²) in [6.07, 6.45) is 4.59. The molecule has 6 heteroatoms. The van der Waals surface area contributed by atoms with Crippen molar-refractivity contribution in [1.82, 2.24) is 5.32 Å². The summed E-state index contributed by atoms with van der Waals surface area (Å²) >= 11 is 17.7. The molecule has 1 saturated carbocycles. The van der Waals surface area contributed by atoms with Crippen LogP contribution in [0.5, 0.6) is 5.75 Å². The Morgan fingerprint density at radius 2 is 1.86 bits per heavy atom. The number of nitrogens with one attached hydrogen (secondary N) is 1. The lowest BCUT2D eigenvalue weighted by Crippen LogP contribution is -2.43. The van der Waals surface area contributed by atoms with Crippen molar-refractivity contribution in [1.29, 1.82) is 0 Å². The molecule has 2 atom stereocenters. The maximum Gasteiger partial charge on any atom is 0.258 e. The fraction of sp³-hybridized carbons (Fsp3) is 0.533. The minimum absolute atomic E-state index is 0.0824. The van der Waals surface area contributed by atoms with E-state index in [4.69, 9.17) is 39.5 Å². The predicted octanol–water partition coefficient (Wildman–Crippen LogP) is 4.72. The highest BCUT2D eigenvalue weighted by Crippen LogP contribution is 2.33. The molecule has 1 fully saturated rings. The first-order chi connectivity index (χ1) is 9.97. The molecule has 0 unspecified atom stereocenters. The lowest BCUT2D eigenvalue weighted by Gasteiger charge is -2.29. The molecule has 0 aromatic heterocycles. The van der Waals surface area contributed by atoms with Crippen LogP contribution >= 0.6 is 34.8 Å². The third-order valence-corrected chi connectivity index (χ3v) is 4.81. The van der Waals surface area contributed by atoms with Gasteiger partial charge >= 0.3 is 0 Å². The van der Waals surface area contributed by atoms with Crippen molar-refractivity contribution in [3.05, 3.63) is 27.2 Å². The van der Waals surface area contributed by atoms with E-state index in [-0.39, 0.29) is 18.6 Å². The summed E-state index contributed by atoms with van der Waals surface area (Å²) in [5.41, 5.74) is 0.